The van der Waals surface area contributed by atoms with Crippen LogP contribution in [-0.2, 0) is 20.7 Å². The van der Waals surface area contributed by atoms with Crippen LogP contribution in [0.2, 0.25) is 0 Å². The van der Waals surface area contributed by atoms with E-state index in [4.69, 9.17) is 9.47 Å². The molecule has 2 aromatic carbocycles. The van der Waals surface area contributed by atoms with Crippen LogP contribution < -0.4 is 4.74 Å². The molecule has 5 rings (SSSR count). The van der Waals surface area contributed by atoms with E-state index in [0.29, 0.717) is 26.0 Å². The molecule has 1 fully saturated rings. The van der Waals surface area contributed by atoms with E-state index in [1.165, 1.54) is 0 Å². The smallest absolute Gasteiger partial charge is 0.246 e. The quantitative estimate of drug-likeness (QED) is 0.545. The van der Waals surface area contributed by atoms with Crippen molar-refractivity contribution >= 4 is 22.7 Å². The maximum atomic E-state index is 13.7. The Morgan fingerprint density at radius 1 is 1.12 bits per heavy atom. The van der Waals surface area contributed by atoms with Gasteiger partial charge < -0.3 is 24.3 Å². The molecule has 3 heterocycles. The number of H-pyrrole nitrogens is 1. The van der Waals surface area contributed by atoms with Crippen molar-refractivity contribution in [1.29, 1.82) is 0 Å². The molecule has 178 valence electrons. The van der Waals surface area contributed by atoms with Crippen molar-refractivity contribution in [2.45, 2.75) is 44.9 Å². The van der Waals surface area contributed by atoms with Gasteiger partial charge in [0.15, 0.2) is 0 Å². The van der Waals surface area contributed by atoms with Gasteiger partial charge in [-0.15, -0.1) is 0 Å². The molecule has 0 radical (unpaired) electrons. The van der Waals surface area contributed by atoms with Crippen LogP contribution in [-0.4, -0.2) is 65.6 Å². The second-order valence-electron chi connectivity index (χ2n) is 9.30. The third-order valence-electron chi connectivity index (χ3n) is 6.78. The van der Waals surface area contributed by atoms with Crippen molar-refractivity contribution in [1.82, 2.24) is 14.8 Å². The number of rotatable bonds is 7. The highest BCUT2D eigenvalue weighted by molar-refractivity contribution is 5.97. The molecule has 0 saturated carbocycles. The van der Waals surface area contributed by atoms with Gasteiger partial charge in [0.2, 0.25) is 11.8 Å². The second-order valence-corrected chi connectivity index (χ2v) is 9.30. The highest BCUT2D eigenvalue weighted by atomic mass is 16.5. The fraction of sp³-hybridized carbons (Fsp3) is 0.407. The molecule has 2 atom stereocenters. The topological polar surface area (TPSA) is 74.9 Å². The summed E-state index contributed by atoms with van der Waals surface area (Å²) < 4.78 is 11.1. The average molecular weight is 462 g/mol. The molecule has 2 amide bonds. The fourth-order valence-corrected chi connectivity index (χ4v) is 5.25. The number of aromatic nitrogens is 1. The van der Waals surface area contributed by atoms with Crippen molar-refractivity contribution in [2.75, 3.05) is 26.8 Å². The van der Waals surface area contributed by atoms with Gasteiger partial charge in [-0.05, 0) is 49.6 Å². The molecule has 7 nitrogen and oxygen atoms in total. The Labute approximate surface area is 199 Å². The van der Waals surface area contributed by atoms with E-state index in [9.17, 15) is 9.59 Å². The van der Waals surface area contributed by atoms with E-state index < -0.39 is 6.04 Å². The molecule has 2 aliphatic rings. The summed E-state index contributed by atoms with van der Waals surface area (Å²) in [5.74, 6) is 0.694. The number of hydrogen-bond acceptors (Lipinski definition) is 4. The SMILES string of the molecule is COc1cccc(C2c3[nH]c4ccccc4c3C[C@H]3C(=O)N(CCCOC(C)C)CC(=O)N23)c1. The summed E-state index contributed by atoms with van der Waals surface area (Å²) in [7, 11) is 1.63. The Bertz CT molecular complexity index is 1220. The van der Waals surface area contributed by atoms with Crippen molar-refractivity contribution in [3.63, 3.8) is 0 Å². The van der Waals surface area contributed by atoms with Crippen LogP contribution in [0.5, 0.6) is 5.75 Å². The molecule has 0 aliphatic carbocycles. The van der Waals surface area contributed by atoms with Gasteiger partial charge in [-0.3, -0.25) is 9.59 Å². The Morgan fingerprint density at radius 3 is 2.74 bits per heavy atom. The van der Waals surface area contributed by atoms with Gasteiger partial charge in [0.25, 0.3) is 0 Å². The molecule has 0 bridgehead atoms. The lowest BCUT2D eigenvalue weighted by atomic mass is 9.86. The number of carbonyl (C=O) groups excluding carboxylic acids is 2. The van der Waals surface area contributed by atoms with Crippen LogP contribution in [0.15, 0.2) is 48.5 Å². The van der Waals surface area contributed by atoms with Gasteiger partial charge in [-0.1, -0.05) is 30.3 Å². The predicted molar refractivity (Wildman–Crippen MR) is 130 cm³/mol. The fourth-order valence-electron chi connectivity index (χ4n) is 5.25. The summed E-state index contributed by atoms with van der Waals surface area (Å²) in [5.41, 5.74) is 4.03. The van der Waals surface area contributed by atoms with Gasteiger partial charge >= 0.3 is 0 Å². The number of nitrogens with zero attached hydrogens (tertiary/aromatic N) is 2. The number of methoxy groups -OCH3 is 1. The van der Waals surface area contributed by atoms with Crippen molar-refractivity contribution in [2.24, 2.45) is 0 Å². The second kappa shape index (κ2) is 9.14. The Hall–Kier alpha value is -3.32. The molecule has 7 heteroatoms. The molecule has 2 aliphatic heterocycles. The third-order valence-corrected chi connectivity index (χ3v) is 6.78. The van der Waals surface area contributed by atoms with Gasteiger partial charge in [-0.2, -0.15) is 0 Å². The minimum atomic E-state index is -0.532. The van der Waals surface area contributed by atoms with Gasteiger partial charge in [-0.25, -0.2) is 0 Å². The zero-order valence-electron chi connectivity index (χ0n) is 19.9. The Kier molecular flexibility index (Phi) is 6.04. The standard InChI is InChI=1S/C27H31N3O4/c1-17(2)34-13-7-12-29-16-24(31)30-23(27(29)32)15-21-20-10-4-5-11-22(20)28-25(21)26(30)18-8-6-9-19(14-18)33-3/h4-6,8-11,14,17,23,26,28H,7,12-13,15-16H2,1-3H3/t23-,26?/m0/s1. The van der Waals surface area contributed by atoms with Crippen LogP contribution in [0, 0.1) is 0 Å². The lowest BCUT2D eigenvalue weighted by Crippen LogP contribution is -2.63. The van der Waals surface area contributed by atoms with Crippen LogP contribution in [0.3, 0.4) is 0 Å². The van der Waals surface area contributed by atoms with Crippen molar-refractivity contribution in [3.05, 3.63) is 65.4 Å². The first-order chi connectivity index (χ1) is 16.5. The third kappa shape index (κ3) is 3.94. The van der Waals surface area contributed by atoms with E-state index in [1.54, 1.807) is 16.9 Å². The lowest BCUT2D eigenvalue weighted by Gasteiger charge is -2.47. The number of ether oxygens (including phenoxy) is 2. The molecule has 3 aromatic rings. The zero-order chi connectivity index (χ0) is 23.8. The first kappa shape index (κ1) is 22.5. The molecular formula is C27H31N3O4. The van der Waals surface area contributed by atoms with Crippen molar-refractivity contribution < 1.29 is 19.1 Å². The molecule has 1 N–H and O–H groups in total. The maximum Gasteiger partial charge on any atom is 0.246 e. The monoisotopic (exact) mass is 461 g/mol. The van der Waals surface area contributed by atoms with Gasteiger partial charge in [0.1, 0.15) is 11.8 Å². The Morgan fingerprint density at radius 2 is 1.94 bits per heavy atom. The average Bonchev–Trinajstić information content (AvgIpc) is 3.21. The largest absolute Gasteiger partial charge is 0.497 e. The number of para-hydroxylation sites is 1. The van der Waals surface area contributed by atoms with Crippen molar-refractivity contribution in [3.8, 4) is 5.75 Å². The van der Waals surface area contributed by atoms with E-state index in [-0.39, 0.29) is 30.5 Å². The summed E-state index contributed by atoms with van der Waals surface area (Å²) in [6.45, 7) is 5.17. The molecule has 1 saturated heterocycles. The molecule has 0 spiro atoms. The normalized spacial score (nSPS) is 20.1. The summed E-state index contributed by atoms with van der Waals surface area (Å²) in [4.78, 5) is 34.3. The summed E-state index contributed by atoms with van der Waals surface area (Å²) in [6.07, 6.45) is 1.36. The minimum absolute atomic E-state index is 0.00738. The lowest BCUT2D eigenvalue weighted by molar-refractivity contribution is -0.158. The first-order valence-electron chi connectivity index (χ1n) is 11.9. The van der Waals surface area contributed by atoms with E-state index >= 15 is 0 Å². The van der Waals surface area contributed by atoms with Crippen LogP contribution >= 0.6 is 0 Å². The maximum absolute atomic E-state index is 13.7. The number of benzene rings is 2. The van der Waals surface area contributed by atoms with Crippen LogP contribution in [0.4, 0.5) is 0 Å². The summed E-state index contributed by atoms with van der Waals surface area (Å²) in [5, 5.41) is 1.10. The number of fused-ring (bicyclic) bond motifs is 4. The molecule has 1 unspecified atom stereocenters. The molecule has 1 aromatic heterocycles. The number of carbonyl (C=O) groups is 2. The predicted octanol–water partition coefficient (Wildman–Crippen LogP) is 3.68. The first-order valence-corrected chi connectivity index (χ1v) is 11.9. The van der Waals surface area contributed by atoms with E-state index in [2.05, 4.69) is 11.1 Å². The van der Waals surface area contributed by atoms with Gasteiger partial charge in [0.05, 0.1) is 25.8 Å². The minimum Gasteiger partial charge on any atom is -0.497 e. The number of amides is 2. The highest BCUT2D eigenvalue weighted by Crippen LogP contribution is 2.43. The zero-order valence-corrected chi connectivity index (χ0v) is 19.9. The summed E-state index contributed by atoms with van der Waals surface area (Å²) in [6, 6.07) is 15.0. The van der Waals surface area contributed by atoms with E-state index in [1.807, 2.05) is 56.3 Å². The number of nitrogens with one attached hydrogen (secondary N) is 1. The highest BCUT2D eigenvalue weighted by Gasteiger charge is 2.48. The Balaban J connectivity index is 1.54. The summed E-state index contributed by atoms with van der Waals surface area (Å²) >= 11 is 0. The number of piperazine rings is 1. The molecular weight excluding hydrogens is 430 g/mol. The number of aromatic amines is 1. The van der Waals surface area contributed by atoms with Crippen LogP contribution in [0.25, 0.3) is 10.9 Å². The van der Waals surface area contributed by atoms with Gasteiger partial charge in [0, 0.05) is 36.2 Å². The molecule has 34 heavy (non-hydrogen) atoms. The number of hydrogen-bond donors (Lipinski definition) is 1. The van der Waals surface area contributed by atoms with Crippen LogP contribution in [0.1, 0.15) is 43.1 Å². The van der Waals surface area contributed by atoms with E-state index in [0.717, 1.165) is 33.5 Å².